The number of benzene rings is 1. The Morgan fingerprint density at radius 1 is 1.33 bits per heavy atom. The molecule has 0 atom stereocenters. The minimum Gasteiger partial charge on any atom is -0.325 e. The molecule has 0 unspecified atom stereocenters. The van der Waals surface area contributed by atoms with E-state index < -0.39 is 0 Å². The fourth-order valence-electron chi connectivity index (χ4n) is 0.889. The third-order valence-electron chi connectivity index (χ3n) is 1.58. The minimum atomic E-state index is -0.196. The highest BCUT2D eigenvalue weighted by atomic mass is 35.5. The van der Waals surface area contributed by atoms with Gasteiger partial charge < -0.3 is 11.1 Å². The number of alkyl halides is 1. The summed E-state index contributed by atoms with van der Waals surface area (Å²) >= 11 is 5.60. The molecule has 0 aliphatic carbocycles. The fourth-order valence-corrected chi connectivity index (χ4v) is 1.07. The van der Waals surface area contributed by atoms with Gasteiger partial charge in [0.15, 0.2) is 0 Å². The molecule has 0 fully saturated rings. The molecule has 1 rings (SSSR count). The minimum absolute atomic E-state index is 0.00272. The predicted octanol–water partition coefficient (Wildman–Crippen LogP) is 2.35. The lowest BCUT2D eigenvalue weighted by molar-refractivity contribution is -0.114. The summed E-state index contributed by atoms with van der Waals surface area (Å²) in [4.78, 5) is 10.9. The normalized spacial score (nSPS) is 8.80. The van der Waals surface area contributed by atoms with Gasteiger partial charge in [-0.3, -0.25) is 4.79 Å². The molecule has 1 amide bonds. The molecule has 0 heterocycles. The monoisotopic (exact) mass is 228 g/mol. The van der Waals surface area contributed by atoms with Crippen molar-refractivity contribution < 1.29 is 4.79 Å². The average Bonchev–Trinajstić information content (AvgIpc) is 2.32. The summed E-state index contributed by atoms with van der Waals surface area (Å²) in [5, 5.41) is 2.64. The Balaban J connectivity index is 0.000000921. The van der Waals surface area contributed by atoms with E-state index in [1.54, 1.807) is 12.1 Å². The van der Waals surface area contributed by atoms with E-state index in [1.165, 1.54) is 0 Å². The van der Waals surface area contributed by atoms with Crippen LogP contribution in [0.25, 0.3) is 0 Å². The highest BCUT2D eigenvalue weighted by Gasteiger charge is 1.98. The van der Waals surface area contributed by atoms with Crippen LogP contribution in [0, 0.1) is 0 Å². The van der Waals surface area contributed by atoms with Gasteiger partial charge >= 0.3 is 0 Å². The quantitative estimate of drug-likeness (QED) is 0.781. The Morgan fingerprint density at radius 2 is 1.87 bits per heavy atom. The van der Waals surface area contributed by atoms with Crippen molar-refractivity contribution in [2.75, 3.05) is 11.9 Å². The van der Waals surface area contributed by atoms with Gasteiger partial charge in [-0.25, -0.2) is 0 Å². The van der Waals surface area contributed by atoms with Crippen molar-refractivity contribution in [3.8, 4) is 0 Å². The number of nitrogens with two attached hydrogens (primary N) is 1. The Morgan fingerprint density at radius 3 is 2.27 bits per heavy atom. The highest BCUT2D eigenvalue weighted by Crippen LogP contribution is 2.10. The maximum absolute atomic E-state index is 10.9. The van der Waals surface area contributed by atoms with E-state index in [4.69, 9.17) is 17.3 Å². The molecule has 0 saturated carbocycles. The molecule has 3 N–H and O–H groups in total. The first-order valence-corrected chi connectivity index (χ1v) is 5.44. The van der Waals surface area contributed by atoms with Crippen LogP contribution >= 0.6 is 11.6 Å². The molecule has 1 aromatic rings. The topological polar surface area (TPSA) is 55.1 Å². The first-order chi connectivity index (χ1) is 7.26. The molecular formula is C11H17ClN2O. The molecule has 15 heavy (non-hydrogen) atoms. The average molecular weight is 229 g/mol. The number of rotatable bonds is 3. The summed E-state index contributed by atoms with van der Waals surface area (Å²) in [6.07, 6.45) is 0. The molecule has 3 nitrogen and oxygen atoms in total. The molecule has 0 bridgehead atoms. The second kappa shape index (κ2) is 8.26. The van der Waals surface area contributed by atoms with Crippen LogP contribution in [0.1, 0.15) is 19.4 Å². The third-order valence-corrected chi connectivity index (χ3v) is 1.89. The van der Waals surface area contributed by atoms with Crippen molar-refractivity contribution in [1.29, 1.82) is 0 Å². The second-order valence-corrected chi connectivity index (χ2v) is 2.85. The van der Waals surface area contributed by atoms with E-state index in [2.05, 4.69) is 5.32 Å². The third kappa shape index (κ3) is 5.40. The first-order valence-electron chi connectivity index (χ1n) is 4.91. The number of carbonyl (C=O) groups is 1. The van der Waals surface area contributed by atoms with Gasteiger partial charge in [-0.2, -0.15) is 0 Å². The summed E-state index contributed by atoms with van der Waals surface area (Å²) in [6.45, 7) is 4.00. The van der Waals surface area contributed by atoms with Gasteiger partial charge in [-0.1, -0.05) is 26.0 Å². The van der Waals surface area contributed by atoms with Crippen LogP contribution in [0.15, 0.2) is 24.3 Å². The molecule has 0 aromatic heterocycles. The van der Waals surface area contributed by atoms with Crippen molar-refractivity contribution in [1.82, 2.24) is 0 Å². The summed E-state index contributed by atoms with van der Waals surface area (Å²) in [6, 6.07) is 7.31. The van der Waals surface area contributed by atoms with Crippen LogP contribution in [0.2, 0.25) is 0 Å². The van der Waals surface area contributed by atoms with Gasteiger partial charge in [0, 0.05) is 11.6 Å². The maximum Gasteiger partial charge on any atom is 0.238 e. The van der Waals surface area contributed by atoms with Crippen LogP contribution in [0.3, 0.4) is 0 Å². The number of carbonyl (C=O) groups excluding carboxylic acids is 1. The zero-order chi connectivity index (χ0) is 11.7. The predicted molar refractivity (Wildman–Crippen MR) is 65.0 cm³/mol. The van der Waals surface area contributed by atoms with Crippen molar-refractivity contribution in [2.45, 2.75) is 19.7 Å². The Labute approximate surface area is 95.6 Å². The van der Waals surface area contributed by atoms with E-state index in [0.29, 0.717) is 5.88 Å². The summed E-state index contributed by atoms with van der Waals surface area (Å²) in [5.74, 6) is 0.282. The number of anilines is 1. The zero-order valence-electron chi connectivity index (χ0n) is 9.09. The summed E-state index contributed by atoms with van der Waals surface area (Å²) in [7, 11) is 0. The number of nitrogens with one attached hydrogen (secondary N) is 1. The van der Waals surface area contributed by atoms with Crippen LogP contribution in [0.5, 0.6) is 0 Å². The molecule has 0 spiro atoms. The molecule has 0 aliphatic rings. The number of hydrogen-bond donors (Lipinski definition) is 2. The van der Waals surface area contributed by atoms with Gasteiger partial charge in [0.25, 0.3) is 0 Å². The maximum atomic E-state index is 10.9. The molecular weight excluding hydrogens is 212 g/mol. The Bertz CT molecular complexity index is 285. The molecule has 1 aromatic carbocycles. The van der Waals surface area contributed by atoms with E-state index in [-0.39, 0.29) is 12.5 Å². The van der Waals surface area contributed by atoms with Gasteiger partial charge in [-0.05, 0) is 17.7 Å². The van der Waals surface area contributed by atoms with Crippen molar-refractivity contribution in [3.63, 3.8) is 0 Å². The van der Waals surface area contributed by atoms with Gasteiger partial charge in [-0.15, -0.1) is 11.6 Å². The molecule has 84 valence electrons. The zero-order valence-corrected chi connectivity index (χ0v) is 9.84. The number of halogens is 1. The van der Waals surface area contributed by atoms with Crippen LogP contribution in [-0.2, 0) is 10.7 Å². The van der Waals surface area contributed by atoms with E-state index >= 15 is 0 Å². The second-order valence-electron chi connectivity index (χ2n) is 2.58. The van der Waals surface area contributed by atoms with Gasteiger partial charge in [0.2, 0.25) is 5.91 Å². The van der Waals surface area contributed by atoms with Gasteiger partial charge in [0.1, 0.15) is 0 Å². The lowest BCUT2D eigenvalue weighted by Gasteiger charge is -2.03. The number of amides is 1. The Hall–Kier alpha value is -1.06. The van der Waals surface area contributed by atoms with Crippen LogP contribution in [0.4, 0.5) is 5.69 Å². The summed E-state index contributed by atoms with van der Waals surface area (Å²) in [5.41, 5.74) is 6.90. The fraction of sp³-hybridized carbons (Fsp3) is 0.364. The smallest absolute Gasteiger partial charge is 0.238 e. The SMILES string of the molecule is CC.NCC(=O)Nc1ccc(CCl)cc1. The standard InChI is InChI=1S/C9H11ClN2O.C2H6/c10-5-7-1-3-8(4-2-7)12-9(13)6-11;1-2/h1-4H,5-6,11H2,(H,12,13);1-2H3. The molecule has 4 heteroatoms. The largest absolute Gasteiger partial charge is 0.325 e. The van der Waals surface area contributed by atoms with E-state index in [1.807, 2.05) is 26.0 Å². The van der Waals surface area contributed by atoms with Gasteiger partial charge in [0.05, 0.1) is 6.54 Å². The van der Waals surface area contributed by atoms with E-state index in [9.17, 15) is 4.79 Å². The van der Waals surface area contributed by atoms with Crippen molar-refractivity contribution in [2.24, 2.45) is 5.73 Å². The molecule has 0 saturated heterocycles. The van der Waals surface area contributed by atoms with E-state index in [0.717, 1.165) is 11.3 Å². The number of hydrogen-bond acceptors (Lipinski definition) is 2. The summed E-state index contributed by atoms with van der Waals surface area (Å²) < 4.78 is 0. The molecule has 0 radical (unpaired) electrons. The van der Waals surface area contributed by atoms with Crippen molar-refractivity contribution in [3.05, 3.63) is 29.8 Å². The highest BCUT2D eigenvalue weighted by molar-refractivity contribution is 6.17. The lowest BCUT2D eigenvalue weighted by atomic mass is 10.2. The lowest BCUT2D eigenvalue weighted by Crippen LogP contribution is -2.21. The first kappa shape index (κ1) is 13.9. The Kier molecular flexibility index (Phi) is 7.68. The van der Waals surface area contributed by atoms with Crippen LogP contribution < -0.4 is 11.1 Å². The van der Waals surface area contributed by atoms with Crippen molar-refractivity contribution >= 4 is 23.2 Å². The molecule has 0 aliphatic heterocycles. The van der Waals surface area contributed by atoms with Crippen LogP contribution in [-0.4, -0.2) is 12.5 Å².